The molecule has 3 spiro atoms. The number of nitrogens with two attached hydrogens (primary N) is 3. The van der Waals surface area contributed by atoms with Gasteiger partial charge in [-0.2, -0.15) is 0 Å². The fourth-order valence-electron chi connectivity index (χ4n) is 11.4. The van der Waals surface area contributed by atoms with E-state index in [0.29, 0.717) is 59.0 Å². The van der Waals surface area contributed by atoms with Crippen LogP contribution in [-0.2, 0) is 31.0 Å². The highest BCUT2D eigenvalue weighted by atomic mass is 79.9. The molecule has 6 atom stereocenters. The molecular formula is C62H50BrN11O6S3. The van der Waals surface area contributed by atoms with E-state index < -0.39 is 16.6 Å². The number of guanidine groups is 3. The summed E-state index contributed by atoms with van der Waals surface area (Å²) in [5.41, 5.74) is 21.7. The average molecular weight is 1220 g/mol. The Kier molecular flexibility index (Phi) is 14.0. The van der Waals surface area contributed by atoms with Gasteiger partial charge in [-0.3, -0.25) is 29.1 Å². The van der Waals surface area contributed by atoms with Gasteiger partial charge in [0.15, 0.2) is 45.9 Å². The average Bonchev–Trinajstić information content (AvgIpc) is 4.28. The summed E-state index contributed by atoms with van der Waals surface area (Å²) >= 11 is 8.27. The molecule has 0 radical (unpaired) electrons. The first-order valence-electron chi connectivity index (χ1n) is 26.1. The number of likely N-dealkylation sites (N-methyl/N-ethyl adjacent to an activating group) is 3. The summed E-state index contributed by atoms with van der Waals surface area (Å²) < 4.78 is 19.6. The number of hydrogen-bond acceptors (Lipinski definition) is 15. The lowest BCUT2D eigenvalue weighted by Crippen LogP contribution is -2.43. The van der Waals surface area contributed by atoms with Crippen molar-refractivity contribution in [2.24, 2.45) is 32.2 Å². The van der Waals surface area contributed by atoms with Gasteiger partial charge in [-0.25, -0.2) is 24.7 Å². The van der Waals surface area contributed by atoms with E-state index in [4.69, 9.17) is 44.6 Å². The lowest BCUT2D eigenvalue weighted by Gasteiger charge is -2.36. The summed E-state index contributed by atoms with van der Waals surface area (Å²) in [6.45, 7) is 14.5. The van der Waals surface area contributed by atoms with Gasteiger partial charge in [0.25, 0.3) is 17.7 Å². The summed E-state index contributed by atoms with van der Waals surface area (Å²) in [7, 11) is 4.95. The largest absolute Gasteiger partial charge is 0.484 e. The van der Waals surface area contributed by atoms with Crippen LogP contribution in [0.1, 0.15) is 68.9 Å². The van der Waals surface area contributed by atoms with Gasteiger partial charge < -0.3 is 31.4 Å². The van der Waals surface area contributed by atoms with Crippen LogP contribution in [0.5, 0.6) is 17.2 Å². The van der Waals surface area contributed by atoms with Crippen molar-refractivity contribution in [3.05, 3.63) is 214 Å². The van der Waals surface area contributed by atoms with Crippen molar-refractivity contribution < 1.29 is 28.6 Å². The number of halogens is 1. The van der Waals surface area contributed by atoms with E-state index in [9.17, 15) is 14.4 Å². The first-order valence-corrected chi connectivity index (χ1v) is 29.5. The van der Waals surface area contributed by atoms with Crippen LogP contribution >= 0.6 is 49.9 Å². The van der Waals surface area contributed by atoms with Gasteiger partial charge in [0.2, 0.25) is 0 Å². The van der Waals surface area contributed by atoms with Gasteiger partial charge >= 0.3 is 0 Å². The van der Waals surface area contributed by atoms with Crippen LogP contribution in [0.4, 0.5) is 11.4 Å². The molecule has 0 saturated carbocycles. The third-order valence-corrected chi connectivity index (χ3v) is 19.0. The molecule has 83 heavy (non-hydrogen) atoms. The van der Waals surface area contributed by atoms with Gasteiger partial charge in [-0.1, -0.05) is 82.7 Å². The smallest absolute Gasteiger partial charge is 0.261 e. The first kappa shape index (κ1) is 54.5. The standard InChI is InChI=1S/2C23H18N4O2S.C16H14BrN3O2S/c2*1-25-16-6-3-5-14(11-16)15-8-9-18-17(12-15)23(21(28)27(2)22(24)26-23)13-19(29-18)20-7-4-10-30-20;1-20-14(21)16(19-15(20)18)8-12(13-3-2-6-23-13)22-11-5-4-9(17)7-10(11)16/h2*3-12,19H,13H2,2H3,(H2,24,26);2-7,12H,8H2,1H3,(H2,18,19)/t19-,23+;19-,23-;/m10./s1. The van der Waals surface area contributed by atoms with Gasteiger partial charge in [0, 0.05) is 76.2 Å². The Balaban J connectivity index is 0.000000124. The van der Waals surface area contributed by atoms with Crippen molar-refractivity contribution in [3.63, 3.8) is 0 Å². The van der Waals surface area contributed by atoms with E-state index in [1.165, 1.54) is 14.7 Å². The highest BCUT2D eigenvalue weighted by molar-refractivity contribution is 9.10. The zero-order chi connectivity index (χ0) is 58.0. The number of ether oxygens (including phenoxy) is 3. The van der Waals surface area contributed by atoms with Crippen LogP contribution in [0.25, 0.3) is 31.9 Å². The number of carbonyl (C=O) groups is 3. The third kappa shape index (κ3) is 9.45. The zero-order valence-corrected chi connectivity index (χ0v) is 48.8. The van der Waals surface area contributed by atoms with E-state index in [-0.39, 0.29) is 53.9 Å². The second-order valence-corrected chi connectivity index (χ2v) is 24.3. The summed E-state index contributed by atoms with van der Waals surface area (Å²) in [4.78, 5) is 68.0. The molecule has 0 aliphatic carbocycles. The Hall–Kier alpha value is -9.12. The van der Waals surface area contributed by atoms with Crippen molar-refractivity contribution in [1.82, 2.24) is 14.7 Å². The third-order valence-electron chi connectivity index (χ3n) is 15.6. The molecule has 6 aliphatic heterocycles. The maximum Gasteiger partial charge on any atom is 0.261 e. The molecule has 8 aromatic rings. The Morgan fingerprint density at radius 3 is 1.13 bits per heavy atom. The minimum atomic E-state index is -1.12. The number of aliphatic imine (C=N–C) groups is 3. The van der Waals surface area contributed by atoms with Crippen molar-refractivity contribution >= 4 is 96.9 Å². The number of thiophene rings is 3. The molecule has 0 saturated heterocycles. The van der Waals surface area contributed by atoms with Crippen LogP contribution in [0.15, 0.2) is 175 Å². The molecule has 21 heteroatoms. The summed E-state index contributed by atoms with van der Waals surface area (Å²) in [6.07, 6.45) is 0.449. The predicted molar refractivity (Wildman–Crippen MR) is 326 cm³/mol. The van der Waals surface area contributed by atoms with Gasteiger partial charge in [0.05, 0.1) is 13.1 Å². The number of carbonyl (C=O) groups excluding carboxylic acids is 3. The fraction of sp³-hybridized carbons (Fsp3) is 0.194. The Bertz CT molecular complexity index is 3910. The molecule has 9 heterocycles. The van der Waals surface area contributed by atoms with E-state index in [1.807, 2.05) is 144 Å². The highest BCUT2D eigenvalue weighted by Crippen LogP contribution is 2.54. The van der Waals surface area contributed by atoms with E-state index in [0.717, 1.165) is 46.9 Å². The summed E-state index contributed by atoms with van der Waals surface area (Å²) in [6, 6.07) is 44.0. The monoisotopic (exact) mass is 1220 g/mol. The van der Waals surface area contributed by atoms with Crippen LogP contribution in [-0.4, -0.2) is 71.4 Å². The second-order valence-electron chi connectivity index (χ2n) is 20.4. The van der Waals surface area contributed by atoms with Crippen LogP contribution in [0.2, 0.25) is 0 Å². The van der Waals surface area contributed by atoms with Crippen LogP contribution in [0, 0.1) is 13.1 Å². The zero-order valence-electron chi connectivity index (χ0n) is 44.7. The molecule has 14 rings (SSSR count). The number of fused-ring (bicyclic) bond motifs is 6. The number of amides is 3. The Morgan fingerprint density at radius 2 is 0.819 bits per heavy atom. The van der Waals surface area contributed by atoms with Crippen molar-refractivity contribution in [2.75, 3.05) is 21.1 Å². The van der Waals surface area contributed by atoms with Gasteiger partial charge in [-0.05, 0) is 111 Å². The van der Waals surface area contributed by atoms with E-state index in [1.54, 1.807) is 67.3 Å². The molecule has 2 unspecified atom stereocenters. The lowest BCUT2D eigenvalue weighted by atomic mass is 9.80. The molecule has 5 aromatic carbocycles. The SMILES string of the molecule is CN1C(=O)C2(CC(c3cccs3)Oc3ccc(Br)cc32)N=C1N.[C-]#[N+]c1cccc(-c2ccc3c(c2)[C@]2(C[C@@H](c4cccs4)O3)N=C(N)N(C)C2=O)c1.[C-]#[N+]c1cccc(-c2ccc3c(c2)[C@]2(C[C@H](c4cccs4)O3)N=C(N)N(C)C2=O)c1. The summed E-state index contributed by atoms with van der Waals surface area (Å²) in [5.74, 6) is 2.17. The van der Waals surface area contributed by atoms with Gasteiger partial charge in [0.1, 0.15) is 35.6 Å². The Labute approximate surface area is 498 Å². The summed E-state index contributed by atoms with van der Waals surface area (Å²) in [5, 5.41) is 5.99. The maximum atomic E-state index is 13.4. The highest BCUT2D eigenvalue weighted by Gasteiger charge is 2.56. The molecule has 6 N–H and O–H groups in total. The van der Waals surface area contributed by atoms with Gasteiger partial charge in [-0.15, -0.1) is 34.0 Å². The molecule has 6 aliphatic rings. The van der Waals surface area contributed by atoms with Crippen molar-refractivity contribution in [3.8, 4) is 39.5 Å². The first-order chi connectivity index (χ1) is 40.0. The van der Waals surface area contributed by atoms with Crippen molar-refractivity contribution in [2.45, 2.75) is 54.2 Å². The molecule has 0 bridgehead atoms. The normalized spacial score (nSPS) is 23.4. The number of benzene rings is 5. The lowest BCUT2D eigenvalue weighted by molar-refractivity contribution is -0.133. The molecule has 3 aromatic heterocycles. The maximum absolute atomic E-state index is 13.4. The minimum Gasteiger partial charge on any atom is -0.484 e. The predicted octanol–water partition coefficient (Wildman–Crippen LogP) is 12.0. The van der Waals surface area contributed by atoms with Crippen LogP contribution in [0.3, 0.4) is 0 Å². The van der Waals surface area contributed by atoms with E-state index >= 15 is 0 Å². The van der Waals surface area contributed by atoms with Crippen LogP contribution < -0.4 is 31.4 Å². The number of rotatable bonds is 5. The topological polar surface area (TPSA) is 212 Å². The Morgan fingerprint density at radius 1 is 0.482 bits per heavy atom. The number of nitrogens with zero attached hydrogens (tertiary/aromatic N) is 8. The minimum absolute atomic E-state index is 0.112. The quantitative estimate of drug-likeness (QED) is 0.140. The fourth-order valence-corrected chi connectivity index (χ4v) is 14.0. The molecule has 3 amide bonds. The molecule has 414 valence electrons. The molecular weight excluding hydrogens is 1170 g/mol. The molecule has 17 nitrogen and oxygen atoms in total. The molecule has 0 fully saturated rings. The number of hydrogen-bond donors (Lipinski definition) is 3. The van der Waals surface area contributed by atoms with E-state index in [2.05, 4.69) is 40.6 Å². The van der Waals surface area contributed by atoms with Crippen molar-refractivity contribution in [1.29, 1.82) is 0 Å². The second kappa shape index (κ2) is 21.3.